The number of unbranched alkanes of at least 4 members (excludes halogenated alkanes) is 13. The second-order valence-electron chi connectivity index (χ2n) is 7.59. The molecule has 1 atom stereocenters. The summed E-state index contributed by atoms with van der Waals surface area (Å²) in [6, 6.07) is -0.892. The van der Waals surface area contributed by atoms with Gasteiger partial charge in [0.2, 0.25) is 0 Å². The fourth-order valence-electron chi connectivity index (χ4n) is 3.22. The molecule has 0 aromatic carbocycles. The summed E-state index contributed by atoms with van der Waals surface area (Å²) in [6.45, 7) is 2.60. The summed E-state index contributed by atoms with van der Waals surface area (Å²) in [5.41, 5.74) is 0. The van der Waals surface area contributed by atoms with Gasteiger partial charge in [-0.25, -0.2) is 0 Å². The van der Waals surface area contributed by atoms with E-state index in [1.165, 1.54) is 70.6 Å². The van der Waals surface area contributed by atoms with Gasteiger partial charge in [-0.2, -0.15) is 0 Å². The smallest absolute Gasteiger partial charge is 0.323 e. The number of ether oxygens (including phenoxy) is 1. The van der Waals surface area contributed by atoms with Crippen molar-refractivity contribution in [2.24, 2.45) is 0 Å². The number of rotatable bonds is 21. The maximum Gasteiger partial charge on any atom is 0.323 e. The highest BCUT2D eigenvalue weighted by Gasteiger charge is 2.22. The first-order valence-electron chi connectivity index (χ1n) is 11.3. The molecule has 0 saturated heterocycles. The number of nitrogens with one attached hydrogen (secondary N) is 1. The lowest BCUT2D eigenvalue weighted by molar-refractivity contribution is -0.150. The Morgan fingerprint density at radius 1 is 0.821 bits per heavy atom. The van der Waals surface area contributed by atoms with Crippen LogP contribution in [0.3, 0.4) is 0 Å². The van der Waals surface area contributed by atoms with Gasteiger partial charge in [-0.05, 0) is 6.42 Å². The van der Waals surface area contributed by atoms with Gasteiger partial charge in [-0.3, -0.25) is 9.59 Å². The highest BCUT2D eigenvalue weighted by atomic mass is 16.5. The second-order valence-corrected chi connectivity index (χ2v) is 7.59. The minimum Gasteiger partial charge on any atom is -0.481 e. The third-order valence-electron chi connectivity index (χ3n) is 4.91. The van der Waals surface area contributed by atoms with Crippen molar-refractivity contribution in [2.75, 3.05) is 19.8 Å². The molecule has 3 N–H and O–H groups in total. The number of carboxylic acids is 1. The number of aliphatic hydroxyl groups is 1. The van der Waals surface area contributed by atoms with Gasteiger partial charge >= 0.3 is 11.9 Å². The van der Waals surface area contributed by atoms with Crippen molar-refractivity contribution in [1.29, 1.82) is 0 Å². The fraction of sp³-hybridized carbons (Fsp3) is 0.909. The van der Waals surface area contributed by atoms with Crippen molar-refractivity contribution in [3.8, 4) is 0 Å². The van der Waals surface area contributed by atoms with Crippen molar-refractivity contribution < 1.29 is 24.5 Å². The average Bonchev–Trinajstić information content (AvgIpc) is 2.67. The molecular weight excluding hydrogens is 358 g/mol. The standard InChI is InChI=1S/C22H43NO5/c1-2-3-4-5-6-7-8-9-10-11-12-13-14-15-18-28-22(27)20(19-21(25)26)23-16-17-24/h20,23-24H,2-19H2,1H3,(H,25,26). The van der Waals surface area contributed by atoms with Crippen LogP contribution < -0.4 is 5.32 Å². The van der Waals surface area contributed by atoms with E-state index in [1.807, 2.05) is 0 Å². The molecule has 0 fully saturated rings. The van der Waals surface area contributed by atoms with Crippen molar-refractivity contribution >= 4 is 11.9 Å². The van der Waals surface area contributed by atoms with E-state index in [0.717, 1.165) is 19.3 Å². The third-order valence-corrected chi connectivity index (χ3v) is 4.91. The Labute approximate surface area is 171 Å². The molecule has 166 valence electrons. The number of carbonyl (C=O) groups excluding carboxylic acids is 1. The topological polar surface area (TPSA) is 95.9 Å². The number of aliphatic carboxylic acids is 1. The summed E-state index contributed by atoms with van der Waals surface area (Å²) in [6.07, 6.45) is 17.4. The predicted octanol–water partition coefficient (Wildman–Crippen LogP) is 4.44. The van der Waals surface area contributed by atoms with Crippen LogP contribution in [0.25, 0.3) is 0 Å². The molecule has 6 nitrogen and oxygen atoms in total. The summed E-state index contributed by atoms with van der Waals surface area (Å²) in [7, 11) is 0. The zero-order valence-corrected chi connectivity index (χ0v) is 17.9. The quantitative estimate of drug-likeness (QED) is 0.194. The SMILES string of the molecule is CCCCCCCCCCCCCCCCOC(=O)C(CC(=O)O)NCCO. The number of carboxylic acid groups (broad SMARTS) is 1. The van der Waals surface area contributed by atoms with Crippen LogP contribution in [-0.2, 0) is 14.3 Å². The minimum absolute atomic E-state index is 0.150. The van der Waals surface area contributed by atoms with Crippen LogP contribution in [0.15, 0.2) is 0 Å². The first-order valence-corrected chi connectivity index (χ1v) is 11.3. The molecule has 0 aliphatic rings. The van der Waals surface area contributed by atoms with E-state index in [0.29, 0.717) is 6.61 Å². The van der Waals surface area contributed by atoms with Crippen LogP contribution in [-0.4, -0.2) is 48.0 Å². The van der Waals surface area contributed by atoms with Gasteiger partial charge in [0, 0.05) is 6.54 Å². The Morgan fingerprint density at radius 3 is 1.71 bits per heavy atom. The van der Waals surface area contributed by atoms with Crippen LogP contribution in [0, 0.1) is 0 Å². The summed E-state index contributed by atoms with van der Waals surface area (Å²) < 4.78 is 5.16. The molecule has 0 aliphatic heterocycles. The molecule has 0 aromatic heterocycles. The lowest BCUT2D eigenvalue weighted by Crippen LogP contribution is -2.41. The van der Waals surface area contributed by atoms with Crippen LogP contribution in [0.2, 0.25) is 0 Å². The Hall–Kier alpha value is -1.14. The van der Waals surface area contributed by atoms with E-state index < -0.39 is 18.0 Å². The number of hydrogen-bond acceptors (Lipinski definition) is 5. The van der Waals surface area contributed by atoms with Gasteiger partial charge < -0.3 is 20.3 Å². The zero-order valence-electron chi connectivity index (χ0n) is 17.9. The van der Waals surface area contributed by atoms with Crippen molar-refractivity contribution in [1.82, 2.24) is 5.32 Å². The molecule has 1 unspecified atom stereocenters. The van der Waals surface area contributed by atoms with E-state index in [1.54, 1.807) is 0 Å². The highest BCUT2D eigenvalue weighted by Crippen LogP contribution is 2.13. The Morgan fingerprint density at radius 2 is 1.29 bits per heavy atom. The van der Waals surface area contributed by atoms with E-state index in [9.17, 15) is 9.59 Å². The van der Waals surface area contributed by atoms with Crippen LogP contribution in [0.1, 0.15) is 103 Å². The van der Waals surface area contributed by atoms with Crippen LogP contribution in [0.5, 0.6) is 0 Å². The molecule has 6 heteroatoms. The monoisotopic (exact) mass is 401 g/mol. The largest absolute Gasteiger partial charge is 0.481 e. The molecule has 0 heterocycles. The van der Waals surface area contributed by atoms with Crippen molar-refractivity contribution in [3.05, 3.63) is 0 Å². The van der Waals surface area contributed by atoms with Crippen LogP contribution in [0.4, 0.5) is 0 Å². The molecule has 0 amide bonds. The minimum atomic E-state index is -1.07. The fourth-order valence-corrected chi connectivity index (χ4v) is 3.22. The second kappa shape index (κ2) is 20.6. The number of hydrogen-bond donors (Lipinski definition) is 3. The van der Waals surface area contributed by atoms with Gasteiger partial charge in [0.15, 0.2) is 0 Å². The Balaban J connectivity index is 3.45. The molecule has 0 saturated carbocycles. The Kier molecular flexibility index (Phi) is 19.8. The number of carbonyl (C=O) groups is 2. The summed E-state index contributed by atoms with van der Waals surface area (Å²) in [4.78, 5) is 22.7. The van der Waals surface area contributed by atoms with Crippen LogP contribution >= 0.6 is 0 Å². The zero-order chi connectivity index (χ0) is 20.9. The molecule has 0 aliphatic carbocycles. The maximum absolute atomic E-state index is 11.9. The van der Waals surface area contributed by atoms with Gasteiger partial charge in [0.05, 0.1) is 19.6 Å². The molecule has 0 rings (SSSR count). The molecule has 0 bridgehead atoms. The van der Waals surface area contributed by atoms with E-state index >= 15 is 0 Å². The molecule has 0 aromatic rings. The molecule has 28 heavy (non-hydrogen) atoms. The first-order chi connectivity index (χ1) is 13.6. The first kappa shape index (κ1) is 26.9. The highest BCUT2D eigenvalue weighted by molar-refractivity contribution is 5.81. The molecule has 0 radical (unpaired) electrons. The van der Waals surface area contributed by atoms with Crippen molar-refractivity contribution in [3.63, 3.8) is 0 Å². The summed E-state index contributed by atoms with van der Waals surface area (Å²) in [5, 5.41) is 20.3. The van der Waals surface area contributed by atoms with E-state index in [2.05, 4.69) is 12.2 Å². The Bertz CT molecular complexity index is 376. The molecular formula is C22H43NO5. The van der Waals surface area contributed by atoms with Crippen molar-refractivity contribution in [2.45, 2.75) is 109 Å². The molecule has 0 spiro atoms. The van der Waals surface area contributed by atoms with E-state index in [4.69, 9.17) is 14.9 Å². The van der Waals surface area contributed by atoms with Gasteiger partial charge in [0.25, 0.3) is 0 Å². The average molecular weight is 402 g/mol. The lowest BCUT2D eigenvalue weighted by atomic mass is 10.0. The summed E-state index contributed by atoms with van der Waals surface area (Å²) in [5.74, 6) is -1.62. The predicted molar refractivity (Wildman–Crippen MR) is 112 cm³/mol. The maximum atomic E-state index is 11.9. The third kappa shape index (κ3) is 18.2. The normalized spacial score (nSPS) is 12.1. The van der Waals surface area contributed by atoms with Gasteiger partial charge in [-0.15, -0.1) is 0 Å². The van der Waals surface area contributed by atoms with Gasteiger partial charge in [-0.1, -0.05) is 90.4 Å². The number of esters is 1. The lowest BCUT2D eigenvalue weighted by Gasteiger charge is -2.15. The van der Waals surface area contributed by atoms with E-state index in [-0.39, 0.29) is 19.6 Å². The summed E-state index contributed by atoms with van der Waals surface area (Å²) >= 11 is 0. The van der Waals surface area contributed by atoms with Gasteiger partial charge in [0.1, 0.15) is 6.04 Å². The number of aliphatic hydroxyl groups excluding tert-OH is 1.